The number of benzene rings is 2. The molecule has 5 nitrogen and oxygen atoms in total. The van der Waals surface area contributed by atoms with Gasteiger partial charge in [-0.2, -0.15) is 0 Å². The number of hydrogen-bond acceptors (Lipinski definition) is 3. The Labute approximate surface area is 175 Å². The van der Waals surface area contributed by atoms with Crippen LogP contribution < -0.4 is 5.56 Å². The van der Waals surface area contributed by atoms with Gasteiger partial charge in [-0.05, 0) is 43.5 Å². The predicted molar refractivity (Wildman–Crippen MR) is 117 cm³/mol. The van der Waals surface area contributed by atoms with Crippen LogP contribution in [-0.2, 0) is 18.3 Å². The molecule has 0 aliphatic heterocycles. The molecule has 3 rings (SSSR count). The van der Waals surface area contributed by atoms with Crippen molar-refractivity contribution in [2.24, 2.45) is 7.05 Å². The molecule has 0 fully saturated rings. The van der Waals surface area contributed by atoms with Crippen LogP contribution in [-0.4, -0.2) is 26.9 Å². The lowest BCUT2D eigenvalue weighted by atomic mass is 10.1. The summed E-state index contributed by atoms with van der Waals surface area (Å²) in [6.07, 6.45) is 1.94. The summed E-state index contributed by atoms with van der Waals surface area (Å²) >= 11 is 6.04. The third-order valence-electron chi connectivity index (χ3n) is 5.17. The lowest BCUT2D eigenvalue weighted by Crippen LogP contribution is -2.37. The molecule has 1 aromatic heterocycles. The second-order valence-electron chi connectivity index (χ2n) is 7.24. The van der Waals surface area contributed by atoms with E-state index >= 15 is 0 Å². The van der Waals surface area contributed by atoms with E-state index in [-0.39, 0.29) is 17.5 Å². The molecule has 1 unspecified atom stereocenters. The standard InChI is InChI=1S/C23H26ClN3O2/c1-4-14-27(21(28)13-10-17-8-6-5-7-9-17)16(2)22-25-20-12-11-18(24)15-19(20)23(29)26(22)3/h5-9,11-12,15-16H,4,10,13-14H2,1-3H3. The molecule has 1 heterocycles. The van der Waals surface area contributed by atoms with Gasteiger partial charge in [0.2, 0.25) is 5.91 Å². The lowest BCUT2D eigenvalue weighted by Gasteiger charge is -2.30. The van der Waals surface area contributed by atoms with Gasteiger partial charge < -0.3 is 4.90 Å². The average molecular weight is 412 g/mol. The number of hydrogen-bond donors (Lipinski definition) is 0. The number of aryl methyl sites for hydroxylation is 1. The molecule has 152 valence electrons. The van der Waals surface area contributed by atoms with Gasteiger partial charge >= 0.3 is 0 Å². The number of carbonyl (C=O) groups excluding carboxylic acids is 1. The Balaban J connectivity index is 1.89. The highest BCUT2D eigenvalue weighted by Crippen LogP contribution is 2.22. The summed E-state index contributed by atoms with van der Waals surface area (Å²) in [6, 6.07) is 14.8. The molecule has 0 saturated carbocycles. The summed E-state index contributed by atoms with van der Waals surface area (Å²) in [4.78, 5) is 32.4. The Hall–Kier alpha value is -2.66. The van der Waals surface area contributed by atoms with Gasteiger partial charge in [0.05, 0.1) is 16.9 Å². The largest absolute Gasteiger partial charge is 0.333 e. The van der Waals surface area contributed by atoms with Gasteiger partial charge in [-0.3, -0.25) is 14.2 Å². The van der Waals surface area contributed by atoms with E-state index in [1.165, 1.54) is 4.57 Å². The number of aromatic nitrogens is 2. The van der Waals surface area contributed by atoms with E-state index in [9.17, 15) is 9.59 Å². The van der Waals surface area contributed by atoms with Crippen LogP contribution in [0.4, 0.5) is 0 Å². The number of amides is 1. The first-order valence-electron chi connectivity index (χ1n) is 9.92. The predicted octanol–water partition coefficient (Wildman–Crippen LogP) is 4.52. The maximum Gasteiger partial charge on any atom is 0.261 e. The molecule has 0 aliphatic carbocycles. The fourth-order valence-electron chi connectivity index (χ4n) is 3.59. The highest BCUT2D eigenvalue weighted by Gasteiger charge is 2.24. The summed E-state index contributed by atoms with van der Waals surface area (Å²) < 4.78 is 1.52. The molecule has 0 saturated heterocycles. The Bertz CT molecular complexity index is 1060. The van der Waals surface area contributed by atoms with Gasteiger partial charge in [-0.15, -0.1) is 0 Å². The Morgan fingerprint density at radius 3 is 2.62 bits per heavy atom. The zero-order valence-electron chi connectivity index (χ0n) is 17.1. The molecule has 0 bridgehead atoms. The van der Waals surface area contributed by atoms with E-state index in [1.807, 2.05) is 49.1 Å². The van der Waals surface area contributed by atoms with Crippen molar-refractivity contribution in [2.45, 2.75) is 39.2 Å². The first-order valence-corrected chi connectivity index (χ1v) is 10.3. The summed E-state index contributed by atoms with van der Waals surface area (Å²) in [6.45, 7) is 4.59. The van der Waals surface area contributed by atoms with Crippen molar-refractivity contribution in [1.82, 2.24) is 14.5 Å². The molecule has 6 heteroatoms. The first-order chi connectivity index (χ1) is 13.9. The van der Waals surface area contributed by atoms with Crippen molar-refractivity contribution in [1.29, 1.82) is 0 Å². The second-order valence-corrected chi connectivity index (χ2v) is 7.68. The molecular weight excluding hydrogens is 386 g/mol. The van der Waals surface area contributed by atoms with E-state index in [2.05, 4.69) is 0 Å². The Morgan fingerprint density at radius 1 is 1.21 bits per heavy atom. The lowest BCUT2D eigenvalue weighted by molar-refractivity contribution is -0.133. The topological polar surface area (TPSA) is 55.2 Å². The molecule has 0 spiro atoms. The van der Waals surface area contributed by atoms with Gasteiger partial charge in [0.15, 0.2) is 0 Å². The Morgan fingerprint density at radius 2 is 1.93 bits per heavy atom. The summed E-state index contributed by atoms with van der Waals surface area (Å²) in [7, 11) is 1.69. The van der Waals surface area contributed by atoms with E-state index in [0.717, 1.165) is 12.0 Å². The Kier molecular flexibility index (Phi) is 6.70. The highest BCUT2D eigenvalue weighted by atomic mass is 35.5. The zero-order valence-corrected chi connectivity index (χ0v) is 17.8. The first kappa shape index (κ1) is 21.1. The van der Waals surface area contributed by atoms with Crippen molar-refractivity contribution in [2.75, 3.05) is 6.54 Å². The van der Waals surface area contributed by atoms with Crippen LogP contribution in [0.1, 0.15) is 44.1 Å². The number of carbonyl (C=O) groups is 1. The van der Waals surface area contributed by atoms with Crippen LogP contribution in [0, 0.1) is 0 Å². The van der Waals surface area contributed by atoms with Gasteiger partial charge in [0.1, 0.15) is 5.82 Å². The van der Waals surface area contributed by atoms with E-state index in [0.29, 0.717) is 41.1 Å². The quantitative estimate of drug-likeness (QED) is 0.574. The minimum atomic E-state index is -0.309. The van der Waals surface area contributed by atoms with E-state index in [1.54, 1.807) is 25.2 Å². The molecular formula is C23H26ClN3O2. The monoisotopic (exact) mass is 411 g/mol. The maximum absolute atomic E-state index is 13.0. The molecule has 0 radical (unpaired) electrons. The van der Waals surface area contributed by atoms with Crippen LogP contribution in [0.5, 0.6) is 0 Å². The number of fused-ring (bicyclic) bond motifs is 1. The van der Waals surface area contributed by atoms with Gasteiger partial charge in [0.25, 0.3) is 5.56 Å². The maximum atomic E-state index is 13.0. The minimum absolute atomic E-state index is 0.0636. The van der Waals surface area contributed by atoms with E-state index in [4.69, 9.17) is 16.6 Å². The summed E-state index contributed by atoms with van der Waals surface area (Å²) in [5.41, 5.74) is 1.57. The molecule has 0 N–H and O–H groups in total. The van der Waals surface area contributed by atoms with E-state index < -0.39 is 0 Å². The van der Waals surface area contributed by atoms with Crippen molar-refractivity contribution in [3.05, 3.63) is 75.3 Å². The van der Waals surface area contributed by atoms with Crippen LogP contribution in [0.15, 0.2) is 53.3 Å². The van der Waals surface area contributed by atoms with Crippen LogP contribution in [0.2, 0.25) is 5.02 Å². The van der Waals surface area contributed by atoms with Crippen molar-refractivity contribution < 1.29 is 4.79 Å². The SMILES string of the molecule is CCCN(C(=O)CCc1ccccc1)C(C)c1nc2ccc(Cl)cc2c(=O)n1C. The van der Waals surface area contributed by atoms with Crippen LogP contribution in [0.25, 0.3) is 10.9 Å². The smallest absolute Gasteiger partial charge is 0.261 e. The third kappa shape index (κ3) is 4.67. The van der Waals surface area contributed by atoms with Crippen LogP contribution >= 0.6 is 11.6 Å². The summed E-state index contributed by atoms with van der Waals surface area (Å²) in [5, 5.41) is 0.981. The fourth-order valence-corrected chi connectivity index (χ4v) is 3.76. The summed E-state index contributed by atoms with van der Waals surface area (Å²) in [5.74, 6) is 0.639. The minimum Gasteiger partial charge on any atom is -0.333 e. The molecule has 3 aromatic rings. The normalized spacial score (nSPS) is 12.1. The zero-order chi connectivity index (χ0) is 21.0. The van der Waals surface area contributed by atoms with Crippen molar-refractivity contribution >= 4 is 28.4 Å². The molecule has 0 aliphatic rings. The van der Waals surface area contributed by atoms with Crippen molar-refractivity contribution in [3.8, 4) is 0 Å². The second kappa shape index (κ2) is 9.23. The van der Waals surface area contributed by atoms with Gasteiger partial charge in [0, 0.05) is 25.0 Å². The fraction of sp³-hybridized carbons (Fsp3) is 0.348. The number of nitrogens with zero attached hydrogens (tertiary/aromatic N) is 3. The van der Waals surface area contributed by atoms with Crippen molar-refractivity contribution in [3.63, 3.8) is 0 Å². The van der Waals surface area contributed by atoms with Gasteiger partial charge in [-0.25, -0.2) is 4.98 Å². The molecule has 29 heavy (non-hydrogen) atoms. The number of rotatable bonds is 7. The highest BCUT2D eigenvalue weighted by molar-refractivity contribution is 6.31. The molecule has 1 atom stereocenters. The molecule has 1 amide bonds. The molecule has 2 aromatic carbocycles. The van der Waals surface area contributed by atoms with Gasteiger partial charge in [-0.1, -0.05) is 48.9 Å². The average Bonchev–Trinajstić information content (AvgIpc) is 2.73. The van der Waals surface area contributed by atoms with Crippen LogP contribution in [0.3, 0.4) is 0 Å². The third-order valence-corrected chi connectivity index (χ3v) is 5.40. The number of halogens is 1.